The van der Waals surface area contributed by atoms with Crippen molar-refractivity contribution in [3.8, 4) is 6.07 Å². The van der Waals surface area contributed by atoms with Crippen LogP contribution in [0.15, 0.2) is 60.8 Å². The summed E-state index contributed by atoms with van der Waals surface area (Å²) in [7, 11) is 0. The van der Waals surface area contributed by atoms with Crippen LogP contribution in [0.25, 0.3) is 6.08 Å². The minimum absolute atomic E-state index is 0.197. The molecule has 2 aromatic carbocycles. The number of rotatable bonds is 3. The molecule has 27 heavy (non-hydrogen) atoms. The Bertz CT molecular complexity index is 995. The van der Waals surface area contributed by atoms with Crippen LogP contribution < -0.4 is 0 Å². The molecule has 4 rings (SSSR count). The Morgan fingerprint density at radius 1 is 1.19 bits per heavy atom. The van der Waals surface area contributed by atoms with Crippen molar-refractivity contribution < 1.29 is 9.72 Å². The van der Waals surface area contributed by atoms with Gasteiger partial charge in [0.25, 0.3) is 0 Å². The van der Waals surface area contributed by atoms with E-state index in [2.05, 4.69) is 0 Å². The highest BCUT2D eigenvalue weighted by Crippen LogP contribution is 2.56. The average Bonchev–Trinajstić information content (AvgIpc) is 3.00. The number of ketones is 1. The summed E-state index contributed by atoms with van der Waals surface area (Å²) in [6.45, 7) is 1.43. The molecular weight excluding hydrogens is 342 g/mol. The van der Waals surface area contributed by atoms with Gasteiger partial charge in [-0.1, -0.05) is 54.6 Å². The summed E-state index contributed by atoms with van der Waals surface area (Å²) >= 11 is 0. The SMILES string of the molecule is CC(=O)C1C(c2ccccc2)C(C#N)([N+](=O)[O-])C2c3ccccc3C=CN12. The molecule has 0 bridgehead atoms. The van der Waals surface area contributed by atoms with Gasteiger partial charge in [0, 0.05) is 11.1 Å². The third-order valence-electron chi connectivity index (χ3n) is 5.60. The fourth-order valence-corrected chi connectivity index (χ4v) is 4.55. The van der Waals surface area contributed by atoms with Gasteiger partial charge in [0.2, 0.25) is 0 Å². The van der Waals surface area contributed by atoms with Gasteiger partial charge in [-0.25, -0.2) is 0 Å². The molecule has 2 aliphatic heterocycles. The van der Waals surface area contributed by atoms with Gasteiger partial charge >= 0.3 is 5.54 Å². The van der Waals surface area contributed by atoms with Crippen molar-refractivity contribution in [3.05, 3.63) is 87.6 Å². The van der Waals surface area contributed by atoms with Gasteiger partial charge in [-0.3, -0.25) is 14.9 Å². The number of carbonyl (C=O) groups is 1. The average molecular weight is 359 g/mol. The van der Waals surface area contributed by atoms with E-state index >= 15 is 0 Å². The highest BCUT2D eigenvalue weighted by atomic mass is 16.6. The van der Waals surface area contributed by atoms with E-state index in [0.717, 1.165) is 5.56 Å². The van der Waals surface area contributed by atoms with Crippen molar-refractivity contribution in [2.24, 2.45) is 0 Å². The summed E-state index contributed by atoms with van der Waals surface area (Å²) in [5.74, 6) is -1.08. The molecule has 2 aliphatic rings. The van der Waals surface area contributed by atoms with Gasteiger partial charge in [0.15, 0.2) is 11.9 Å². The second-order valence-corrected chi connectivity index (χ2v) is 6.93. The molecule has 6 heteroatoms. The molecule has 0 radical (unpaired) electrons. The van der Waals surface area contributed by atoms with E-state index in [9.17, 15) is 20.2 Å². The van der Waals surface area contributed by atoms with Crippen LogP contribution >= 0.6 is 0 Å². The number of nitrogens with zero attached hydrogens (tertiary/aromatic N) is 3. The molecular formula is C21H17N3O3. The van der Waals surface area contributed by atoms with Crippen molar-refractivity contribution in [1.29, 1.82) is 5.26 Å². The molecule has 6 nitrogen and oxygen atoms in total. The lowest BCUT2D eigenvalue weighted by molar-refractivity contribution is -0.559. The van der Waals surface area contributed by atoms with Crippen molar-refractivity contribution in [1.82, 2.24) is 4.90 Å². The van der Waals surface area contributed by atoms with Gasteiger partial charge in [-0.05, 0) is 29.7 Å². The number of hydrogen-bond acceptors (Lipinski definition) is 5. The molecule has 0 spiro atoms. The molecule has 0 saturated carbocycles. The van der Waals surface area contributed by atoms with E-state index in [-0.39, 0.29) is 5.78 Å². The number of hydrogen-bond donors (Lipinski definition) is 0. The van der Waals surface area contributed by atoms with E-state index in [1.165, 1.54) is 6.92 Å². The maximum absolute atomic E-state index is 12.6. The monoisotopic (exact) mass is 359 g/mol. The first-order valence-electron chi connectivity index (χ1n) is 8.68. The topological polar surface area (TPSA) is 87.2 Å². The van der Waals surface area contributed by atoms with Crippen molar-refractivity contribution in [3.63, 3.8) is 0 Å². The van der Waals surface area contributed by atoms with Crippen LogP contribution in [0.2, 0.25) is 0 Å². The molecule has 4 unspecified atom stereocenters. The zero-order valence-corrected chi connectivity index (χ0v) is 14.6. The van der Waals surface area contributed by atoms with Crippen molar-refractivity contribution in [2.45, 2.75) is 30.5 Å². The molecule has 1 saturated heterocycles. The summed E-state index contributed by atoms with van der Waals surface area (Å²) in [4.78, 5) is 26.2. The number of carbonyl (C=O) groups excluding carboxylic acids is 1. The fraction of sp³-hybridized carbons (Fsp3) is 0.238. The van der Waals surface area contributed by atoms with E-state index in [4.69, 9.17) is 0 Å². The van der Waals surface area contributed by atoms with E-state index in [1.807, 2.05) is 30.3 Å². The Morgan fingerprint density at radius 3 is 2.48 bits per heavy atom. The highest BCUT2D eigenvalue weighted by molar-refractivity contribution is 5.85. The first kappa shape index (κ1) is 17.0. The normalized spacial score (nSPS) is 28.1. The van der Waals surface area contributed by atoms with Crippen LogP contribution in [-0.4, -0.2) is 27.2 Å². The van der Waals surface area contributed by atoms with Crippen LogP contribution in [0.1, 0.15) is 35.6 Å². The van der Waals surface area contributed by atoms with Crippen LogP contribution in [0.5, 0.6) is 0 Å². The number of nitro groups is 1. The fourth-order valence-electron chi connectivity index (χ4n) is 4.55. The summed E-state index contributed by atoms with van der Waals surface area (Å²) in [5, 5.41) is 22.5. The van der Waals surface area contributed by atoms with Crippen LogP contribution in [-0.2, 0) is 4.79 Å². The molecule has 0 N–H and O–H groups in total. The smallest absolute Gasteiger partial charge is 0.338 e. The highest BCUT2D eigenvalue weighted by Gasteiger charge is 2.71. The Morgan fingerprint density at radius 2 is 1.85 bits per heavy atom. The van der Waals surface area contributed by atoms with Crippen molar-refractivity contribution in [2.75, 3.05) is 0 Å². The Hall–Kier alpha value is -3.46. The van der Waals surface area contributed by atoms with Gasteiger partial charge < -0.3 is 4.90 Å². The number of nitriles is 1. The predicted molar refractivity (Wildman–Crippen MR) is 99.0 cm³/mol. The first-order valence-corrected chi connectivity index (χ1v) is 8.68. The Labute approximate surface area is 156 Å². The summed E-state index contributed by atoms with van der Waals surface area (Å²) in [6.07, 6.45) is 3.56. The zero-order chi connectivity index (χ0) is 19.2. The molecule has 1 fully saturated rings. The Kier molecular flexibility index (Phi) is 3.81. The maximum Gasteiger partial charge on any atom is 0.338 e. The number of Topliss-reactive ketones (excluding diaryl/α,β-unsaturated/α-hetero) is 1. The standard InChI is InChI=1S/C21H17N3O3/c1-14(25)19-18(16-8-3-2-4-9-16)21(13-22,24(26)27)20-17-10-6-5-7-15(17)11-12-23(19)20/h2-12,18-20H,1H3. The lowest BCUT2D eigenvalue weighted by Gasteiger charge is -2.32. The Balaban J connectivity index is 2.04. The summed E-state index contributed by atoms with van der Waals surface area (Å²) < 4.78 is 0. The molecule has 0 aromatic heterocycles. The second-order valence-electron chi connectivity index (χ2n) is 6.93. The van der Waals surface area contributed by atoms with E-state index < -0.39 is 28.5 Å². The lowest BCUT2D eigenvalue weighted by atomic mass is 9.73. The van der Waals surface area contributed by atoms with Gasteiger partial charge in [0.1, 0.15) is 12.1 Å². The lowest BCUT2D eigenvalue weighted by Crippen LogP contribution is -2.46. The molecule has 134 valence electrons. The largest absolute Gasteiger partial charge is 0.352 e. The second kappa shape index (κ2) is 6.06. The molecule has 2 heterocycles. The number of fused-ring (bicyclic) bond motifs is 3. The quantitative estimate of drug-likeness (QED) is 0.620. The van der Waals surface area contributed by atoms with Crippen LogP contribution in [0.4, 0.5) is 0 Å². The molecule has 0 amide bonds. The van der Waals surface area contributed by atoms with E-state index in [0.29, 0.717) is 11.1 Å². The van der Waals surface area contributed by atoms with Gasteiger partial charge in [-0.2, -0.15) is 5.26 Å². The van der Waals surface area contributed by atoms with Crippen LogP contribution in [0, 0.1) is 21.4 Å². The van der Waals surface area contributed by atoms with E-state index in [1.54, 1.807) is 47.5 Å². The minimum atomic E-state index is -1.97. The predicted octanol–water partition coefficient (Wildman–Crippen LogP) is 3.31. The maximum atomic E-state index is 12.6. The molecule has 2 aromatic rings. The minimum Gasteiger partial charge on any atom is -0.352 e. The summed E-state index contributed by atoms with van der Waals surface area (Å²) in [6, 6.07) is 16.6. The van der Waals surface area contributed by atoms with Crippen LogP contribution in [0.3, 0.4) is 0 Å². The van der Waals surface area contributed by atoms with Gasteiger partial charge in [0.05, 0.1) is 5.92 Å². The third-order valence-corrected chi connectivity index (χ3v) is 5.60. The first-order chi connectivity index (χ1) is 13.0. The molecule has 4 atom stereocenters. The van der Waals surface area contributed by atoms with Gasteiger partial charge in [-0.15, -0.1) is 0 Å². The molecule has 0 aliphatic carbocycles. The zero-order valence-electron chi connectivity index (χ0n) is 14.6. The third kappa shape index (κ3) is 2.21. The number of benzene rings is 2. The van der Waals surface area contributed by atoms with Crippen molar-refractivity contribution >= 4 is 11.9 Å². The summed E-state index contributed by atoms with van der Waals surface area (Å²) in [5.41, 5.74) is 0.175.